The number of thiophene rings is 1. The van der Waals surface area contributed by atoms with E-state index in [-0.39, 0.29) is 10.8 Å². The van der Waals surface area contributed by atoms with Crippen LogP contribution in [0.3, 0.4) is 0 Å². The zero-order valence-electron chi connectivity index (χ0n) is 11.3. The van der Waals surface area contributed by atoms with Crippen LogP contribution in [0.4, 0.5) is 14.5 Å². The summed E-state index contributed by atoms with van der Waals surface area (Å²) in [6.07, 6.45) is 0. The number of hydrogen-bond acceptors (Lipinski definition) is 5. The molecule has 0 aliphatic carbocycles. The second-order valence-corrected chi connectivity index (χ2v) is 6.90. The maximum absolute atomic E-state index is 14.2. The van der Waals surface area contributed by atoms with Gasteiger partial charge in [-0.15, -0.1) is 11.3 Å². The standard InChI is InChI=1S/C13H11F2NO4S2/c1-2-20-13(17)11-8(14)5-6-9(12(11)15)16-22(18,19)10-4-3-7-21-10/h3-7,16H,2H2,1H3. The summed E-state index contributed by atoms with van der Waals surface area (Å²) in [4.78, 5) is 11.6. The molecule has 0 aliphatic rings. The average molecular weight is 347 g/mol. The monoisotopic (exact) mass is 347 g/mol. The molecule has 0 bridgehead atoms. The van der Waals surface area contributed by atoms with Crippen LogP contribution >= 0.6 is 11.3 Å². The number of rotatable bonds is 5. The van der Waals surface area contributed by atoms with Gasteiger partial charge in [0.25, 0.3) is 10.0 Å². The molecule has 0 saturated carbocycles. The number of carbonyl (C=O) groups excluding carboxylic acids is 1. The number of esters is 1. The van der Waals surface area contributed by atoms with E-state index in [2.05, 4.69) is 4.74 Å². The first-order valence-electron chi connectivity index (χ1n) is 6.08. The van der Waals surface area contributed by atoms with Crippen LogP contribution in [0.15, 0.2) is 33.9 Å². The molecule has 2 aromatic rings. The van der Waals surface area contributed by atoms with E-state index in [9.17, 15) is 22.0 Å². The molecule has 0 radical (unpaired) electrons. The zero-order chi connectivity index (χ0) is 16.3. The van der Waals surface area contributed by atoms with Crippen LogP contribution in [0.2, 0.25) is 0 Å². The topological polar surface area (TPSA) is 72.5 Å². The number of benzene rings is 1. The summed E-state index contributed by atoms with van der Waals surface area (Å²) in [5.74, 6) is -3.65. The molecule has 9 heteroatoms. The molecule has 1 aromatic carbocycles. The fourth-order valence-electron chi connectivity index (χ4n) is 1.63. The molecule has 0 amide bonds. The Bertz CT molecular complexity index is 789. The maximum Gasteiger partial charge on any atom is 0.344 e. The van der Waals surface area contributed by atoms with Gasteiger partial charge in [-0.05, 0) is 30.5 Å². The molecule has 0 atom stereocenters. The highest BCUT2D eigenvalue weighted by Gasteiger charge is 2.24. The second kappa shape index (κ2) is 6.41. The molecule has 22 heavy (non-hydrogen) atoms. The van der Waals surface area contributed by atoms with E-state index < -0.39 is 38.9 Å². The number of carbonyl (C=O) groups is 1. The SMILES string of the molecule is CCOC(=O)c1c(F)ccc(NS(=O)(=O)c2cccs2)c1F. The minimum Gasteiger partial charge on any atom is -0.462 e. The van der Waals surface area contributed by atoms with Gasteiger partial charge in [0.15, 0.2) is 5.82 Å². The van der Waals surface area contributed by atoms with Gasteiger partial charge in [-0.3, -0.25) is 4.72 Å². The molecule has 2 rings (SSSR count). The molecule has 1 N–H and O–H groups in total. The predicted molar refractivity (Wildman–Crippen MR) is 77.4 cm³/mol. The first-order valence-corrected chi connectivity index (χ1v) is 8.44. The molecule has 118 valence electrons. The Morgan fingerprint density at radius 3 is 2.64 bits per heavy atom. The third-order valence-corrected chi connectivity index (χ3v) is 5.34. The van der Waals surface area contributed by atoms with Crippen LogP contribution in [0.5, 0.6) is 0 Å². The summed E-state index contributed by atoms with van der Waals surface area (Å²) in [6.45, 7) is 1.42. The Morgan fingerprint density at radius 2 is 2.05 bits per heavy atom. The van der Waals surface area contributed by atoms with Gasteiger partial charge in [-0.1, -0.05) is 6.07 Å². The number of ether oxygens (including phenoxy) is 1. The van der Waals surface area contributed by atoms with Crippen molar-refractivity contribution < 1.29 is 26.7 Å². The summed E-state index contributed by atoms with van der Waals surface area (Å²) in [6, 6.07) is 4.55. The van der Waals surface area contributed by atoms with Crippen molar-refractivity contribution >= 4 is 33.0 Å². The van der Waals surface area contributed by atoms with E-state index >= 15 is 0 Å². The molecule has 0 saturated heterocycles. The Morgan fingerprint density at radius 1 is 1.32 bits per heavy atom. The van der Waals surface area contributed by atoms with Crippen LogP contribution < -0.4 is 4.72 Å². The van der Waals surface area contributed by atoms with Crippen molar-refractivity contribution in [1.29, 1.82) is 0 Å². The third-order valence-electron chi connectivity index (χ3n) is 2.57. The number of anilines is 1. The van der Waals surface area contributed by atoms with Crippen molar-refractivity contribution in [3.63, 3.8) is 0 Å². The highest BCUT2D eigenvalue weighted by molar-refractivity contribution is 7.94. The van der Waals surface area contributed by atoms with Gasteiger partial charge in [0, 0.05) is 0 Å². The normalized spacial score (nSPS) is 11.2. The van der Waals surface area contributed by atoms with Crippen molar-refractivity contribution in [1.82, 2.24) is 0 Å². The molecular formula is C13H11F2NO4S2. The van der Waals surface area contributed by atoms with E-state index in [4.69, 9.17) is 0 Å². The molecule has 0 unspecified atom stereocenters. The Kier molecular flexibility index (Phi) is 4.77. The molecule has 0 spiro atoms. The lowest BCUT2D eigenvalue weighted by atomic mass is 10.1. The zero-order valence-corrected chi connectivity index (χ0v) is 12.9. The van der Waals surface area contributed by atoms with Gasteiger partial charge in [-0.25, -0.2) is 22.0 Å². The summed E-state index contributed by atoms with van der Waals surface area (Å²) in [5.41, 5.74) is -1.47. The van der Waals surface area contributed by atoms with Gasteiger partial charge in [-0.2, -0.15) is 0 Å². The number of sulfonamides is 1. The van der Waals surface area contributed by atoms with Crippen molar-refractivity contribution in [3.8, 4) is 0 Å². The lowest BCUT2D eigenvalue weighted by Crippen LogP contribution is -2.16. The van der Waals surface area contributed by atoms with Crippen molar-refractivity contribution in [2.45, 2.75) is 11.1 Å². The van der Waals surface area contributed by atoms with Crippen molar-refractivity contribution in [2.24, 2.45) is 0 Å². The lowest BCUT2D eigenvalue weighted by Gasteiger charge is -2.11. The fourth-order valence-corrected chi connectivity index (χ4v) is 3.69. The van der Waals surface area contributed by atoms with Crippen LogP contribution in [0.1, 0.15) is 17.3 Å². The van der Waals surface area contributed by atoms with E-state index in [1.54, 1.807) is 5.38 Å². The van der Waals surface area contributed by atoms with Gasteiger partial charge in [0.2, 0.25) is 0 Å². The Labute approximate surface area is 129 Å². The molecule has 1 aromatic heterocycles. The second-order valence-electron chi connectivity index (χ2n) is 4.04. The number of hydrogen-bond donors (Lipinski definition) is 1. The van der Waals surface area contributed by atoms with Crippen LogP contribution in [0, 0.1) is 11.6 Å². The molecule has 0 fully saturated rings. The Balaban J connectivity index is 2.41. The largest absolute Gasteiger partial charge is 0.462 e. The molecule has 0 aliphatic heterocycles. The fraction of sp³-hybridized carbons (Fsp3) is 0.154. The smallest absolute Gasteiger partial charge is 0.344 e. The van der Waals surface area contributed by atoms with Gasteiger partial charge in [0.05, 0.1) is 12.3 Å². The average Bonchev–Trinajstić information content (AvgIpc) is 2.97. The number of halogens is 2. The third kappa shape index (κ3) is 3.25. The highest BCUT2D eigenvalue weighted by Crippen LogP contribution is 2.26. The number of nitrogens with one attached hydrogen (secondary N) is 1. The van der Waals surface area contributed by atoms with E-state index in [0.717, 1.165) is 23.5 Å². The predicted octanol–water partition coefficient (Wildman–Crippen LogP) is 3.00. The highest BCUT2D eigenvalue weighted by atomic mass is 32.2. The minimum absolute atomic E-state index is 0.0334. The van der Waals surface area contributed by atoms with Crippen LogP contribution in [0.25, 0.3) is 0 Å². The van der Waals surface area contributed by atoms with Gasteiger partial charge < -0.3 is 4.74 Å². The van der Waals surface area contributed by atoms with Crippen LogP contribution in [-0.4, -0.2) is 21.0 Å². The summed E-state index contributed by atoms with van der Waals surface area (Å²) in [5, 5.41) is 1.54. The summed E-state index contributed by atoms with van der Waals surface area (Å²) >= 11 is 0.938. The van der Waals surface area contributed by atoms with E-state index in [1.807, 2.05) is 4.72 Å². The van der Waals surface area contributed by atoms with Crippen molar-refractivity contribution in [3.05, 3.63) is 46.8 Å². The first-order chi connectivity index (χ1) is 10.4. The Hall–Kier alpha value is -2.00. The van der Waals surface area contributed by atoms with Gasteiger partial charge >= 0.3 is 5.97 Å². The molecule has 1 heterocycles. The molecular weight excluding hydrogens is 336 g/mol. The quantitative estimate of drug-likeness (QED) is 0.844. The summed E-state index contributed by atoms with van der Waals surface area (Å²) in [7, 11) is -4.01. The van der Waals surface area contributed by atoms with Crippen molar-refractivity contribution in [2.75, 3.05) is 11.3 Å². The van der Waals surface area contributed by atoms with E-state index in [1.165, 1.54) is 19.1 Å². The minimum atomic E-state index is -4.01. The lowest BCUT2D eigenvalue weighted by molar-refractivity contribution is 0.0515. The molecule has 5 nitrogen and oxygen atoms in total. The van der Waals surface area contributed by atoms with E-state index in [0.29, 0.717) is 0 Å². The summed E-state index contributed by atoms with van der Waals surface area (Å²) < 4.78 is 58.4. The maximum atomic E-state index is 14.2. The van der Waals surface area contributed by atoms with Crippen LogP contribution in [-0.2, 0) is 14.8 Å². The first kappa shape index (κ1) is 16.4. The van der Waals surface area contributed by atoms with Gasteiger partial charge in [0.1, 0.15) is 15.6 Å².